The van der Waals surface area contributed by atoms with Gasteiger partial charge in [0, 0.05) is 17.3 Å². The summed E-state index contributed by atoms with van der Waals surface area (Å²) in [6.07, 6.45) is 0.313. The third kappa shape index (κ3) is 3.41. The van der Waals surface area contributed by atoms with Crippen molar-refractivity contribution in [2.45, 2.75) is 13.3 Å². The van der Waals surface area contributed by atoms with Crippen molar-refractivity contribution < 1.29 is 14.3 Å². The maximum atomic E-state index is 11.7. The van der Waals surface area contributed by atoms with E-state index in [4.69, 9.17) is 10.00 Å². The Bertz CT molecular complexity index is 505. The van der Waals surface area contributed by atoms with E-state index in [9.17, 15) is 9.59 Å². The number of ketones is 1. The lowest BCUT2D eigenvalue weighted by Gasteiger charge is -2.05. The molecule has 0 unspecified atom stereocenters. The molecule has 0 fully saturated rings. The van der Waals surface area contributed by atoms with E-state index in [1.165, 1.54) is 18.2 Å². The average molecular weight is 310 g/mol. The van der Waals surface area contributed by atoms with Crippen LogP contribution in [0.3, 0.4) is 0 Å². The van der Waals surface area contributed by atoms with Gasteiger partial charge in [-0.2, -0.15) is 5.26 Å². The summed E-state index contributed by atoms with van der Waals surface area (Å²) >= 11 is 3.17. The zero-order valence-corrected chi connectivity index (χ0v) is 11.5. The fourth-order valence-electron chi connectivity index (χ4n) is 1.44. The minimum absolute atomic E-state index is 0.126. The average Bonchev–Trinajstić information content (AvgIpc) is 2.38. The summed E-state index contributed by atoms with van der Waals surface area (Å²) in [6, 6.07) is 6.31. The topological polar surface area (TPSA) is 67.2 Å². The van der Waals surface area contributed by atoms with Crippen LogP contribution in [0.25, 0.3) is 0 Å². The SMILES string of the molecule is CCOC(=O)c1ccc(C(=O)CCBr)c(C#N)c1. The molecule has 0 aliphatic carbocycles. The van der Waals surface area contributed by atoms with Gasteiger partial charge in [0.25, 0.3) is 0 Å². The fourth-order valence-corrected chi connectivity index (χ4v) is 1.80. The number of nitriles is 1. The second-order valence-corrected chi connectivity index (χ2v) is 4.25. The Morgan fingerprint density at radius 2 is 2.17 bits per heavy atom. The first-order chi connectivity index (χ1) is 8.63. The van der Waals surface area contributed by atoms with Crippen molar-refractivity contribution in [3.63, 3.8) is 0 Å². The molecule has 0 aliphatic rings. The smallest absolute Gasteiger partial charge is 0.338 e. The van der Waals surface area contributed by atoms with E-state index >= 15 is 0 Å². The zero-order valence-electron chi connectivity index (χ0n) is 9.90. The molecule has 1 aromatic carbocycles. The summed E-state index contributed by atoms with van der Waals surface area (Å²) in [5.74, 6) is -0.618. The summed E-state index contributed by atoms with van der Waals surface area (Å²) in [6.45, 7) is 1.97. The van der Waals surface area contributed by atoms with Gasteiger partial charge in [0.15, 0.2) is 5.78 Å². The molecule has 0 amide bonds. The first-order valence-corrected chi connectivity index (χ1v) is 6.56. The maximum absolute atomic E-state index is 11.7. The van der Waals surface area contributed by atoms with Gasteiger partial charge >= 0.3 is 5.97 Å². The normalized spacial score (nSPS) is 9.61. The van der Waals surface area contributed by atoms with Gasteiger partial charge in [-0.1, -0.05) is 15.9 Å². The number of hydrogen-bond acceptors (Lipinski definition) is 4. The Morgan fingerprint density at radius 1 is 1.44 bits per heavy atom. The lowest BCUT2D eigenvalue weighted by molar-refractivity contribution is 0.0526. The van der Waals surface area contributed by atoms with Crippen LogP contribution in [0.1, 0.15) is 39.6 Å². The highest BCUT2D eigenvalue weighted by molar-refractivity contribution is 9.09. The van der Waals surface area contributed by atoms with Crippen LogP contribution in [-0.4, -0.2) is 23.7 Å². The van der Waals surface area contributed by atoms with Gasteiger partial charge in [-0.25, -0.2) is 4.79 Å². The number of benzene rings is 1. The first-order valence-electron chi connectivity index (χ1n) is 5.44. The van der Waals surface area contributed by atoms with Crippen LogP contribution in [0.5, 0.6) is 0 Å². The Kier molecular flexibility index (Phi) is 5.53. The molecule has 18 heavy (non-hydrogen) atoms. The van der Waals surface area contributed by atoms with Gasteiger partial charge in [-0.15, -0.1) is 0 Å². The Hall–Kier alpha value is -1.67. The van der Waals surface area contributed by atoms with E-state index in [0.717, 1.165) is 0 Å². The third-order valence-corrected chi connectivity index (χ3v) is 2.67. The van der Waals surface area contributed by atoms with Crippen LogP contribution in [0.2, 0.25) is 0 Å². The predicted molar refractivity (Wildman–Crippen MR) is 69.9 cm³/mol. The maximum Gasteiger partial charge on any atom is 0.338 e. The van der Waals surface area contributed by atoms with Gasteiger partial charge in [-0.05, 0) is 25.1 Å². The Balaban J connectivity index is 3.08. The molecule has 0 radical (unpaired) electrons. The molecule has 0 saturated heterocycles. The quantitative estimate of drug-likeness (QED) is 0.476. The van der Waals surface area contributed by atoms with Gasteiger partial charge in [0.05, 0.1) is 23.8 Å². The first kappa shape index (κ1) is 14.4. The van der Waals surface area contributed by atoms with Crippen molar-refractivity contribution in [2.24, 2.45) is 0 Å². The standard InChI is InChI=1S/C13H12BrNO3/c1-2-18-13(17)9-3-4-11(10(7-9)8-15)12(16)5-6-14/h3-4,7H,2,5-6H2,1H3. The number of esters is 1. The van der Waals surface area contributed by atoms with Crippen molar-refractivity contribution in [1.82, 2.24) is 0 Å². The second-order valence-electron chi connectivity index (χ2n) is 3.45. The van der Waals surface area contributed by atoms with Crippen LogP contribution in [0.15, 0.2) is 18.2 Å². The molecule has 94 valence electrons. The van der Waals surface area contributed by atoms with E-state index in [-0.39, 0.29) is 23.5 Å². The largest absolute Gasteiger partial charge is 0.462 e. The molecule has 1 rings (SSSR count). The molecule has 4 nitrogen and oxygen atoms in total. The highest BCUT2D eigenvalue weighted by Crippen LogP contribution is 2.15. The van der Waals surface area contributed by atoms with E-state index in [1.54, 1.807) is 6.92 Å². The van der Waals surface area contributed by atoms with Gasteiger partial charge < -0.3 is 4.74 Å². The third-order valence-electron chi connectivity index (χ3n) is 2.27. The van der Waals surface area contributed by atoms with Crippen LogP contribution in [0, 0.1) is 11.3 Å². The Labute approximate surface area is 114 Å². The summed E-state index contributed by atoms with van der Waals surface area (Å²) in [4.78, 5) is 23.2. The summed E-state index contributed by atoms with van der Waals surface area (Å²) in [5.41, 5.74) is 0.820. The molecule has 0 bridgehead atoms. The number of rotatable bonds is 5. The van der Waals surface area contributed by atoms with Gasteiger partial charge in [-0.3, -0.25) is 4.79 Å². The van der Waals surface area contributed by atoms with Gasteiger partial charge in [0.2, 0.25) is 0 Å². The second kappa shape index (κ2) is 6.92. The molecule has 1 aromatic rings. The molecule has 0 saturated carbocycles. The lowest BCUT2D eigenvalue weighted by Crippen LogP contribution is -2.08. The number of hydrogen-bond donors (Lipinski definition) is 0. The molecule has 0 spiro atoms. The monoisotopic (exact) mass is 309 g/mol. The number of carbonyl (C=O) groups is 2. The summed E-state index contributed by atoms with van der Waals surface area (Å²) in [5, 5.41) is 9.54. The van der Waals surface area contributed by atoms with Crippen molar-refractivity contribution in [2.75, 3.05) is 11.9 Å². The van der Waals surface area contributed by atoms with E-state index in [0.29, 0.717) is 17.3 Å². The lowest BCUT2D eigenvalue weighted by atomic mass is 10.0. The minimum Gasteiger partial charge on any atom is -0.462 e. The minimum atomic E-state index is -0.492. The number of alkyl halides is 1. The molecule has 0 aliphatic heterocycles. The fraction of sp³-hybridized carbons (Fsp3) is 0.308. The molecule has 5 heteroatoms. The molecule has 0 atom stereocenters. The van der Waals surface area contributed by atoms with Crippen molar-refractivity contribution >= 4 is 27.7 Å². The number of carbonyl (C=O) groups excluding carboxylic acids is 2. The number of halogens is 1. The highest BCUT2D eigenvalue weighted by Gasteiger charge is 2.14. The molecular weight excluding hydrogens is 298 g/mol. The van der Waals surface area contributed by atoms with E-state index in [2.05, 4.69) is 15.9 Å². The van der Waals surface area contributed by atoms with Crippen LogP contribution >= 0.6 is 15.9 Å². The van der Waals surface area contributed by atoms with E-state index in [1.807, 2.05) is 6.07 Å². The van der Waals surface area contributed by atoms with Crippen LogP contribution < -0.4 is 0 Å². The molecule has 0 aromatic heterocycles. The highest BCUT2D eigenvalue weighted by atomic mass is 79.9. The number of ether oxygens (including phenoxy) is 1. The van der Waals surface area contributed by atoms with E-state index < -0.39 is 5.97 Å². The molecule has 0 N–H and O–H groups in total. The van der Waals surface area contributed by atoms with Crippen molar-refractivity contribution in [3.05, 3.63) is 34.9 Å². The van der Waals surface area contributed by atoms with Crippen molar-refractivity contribution in [1.29, 1.82) is 5.26 Å². The van der Waals surface area contributed by atoms with Gasteiger partial charge in [0.1, 0.15) is 0 Å². The summed E-state index contributed by atoms with van der Waals surface area (Å²) in [7, 11) is 0. The Morgan fingerprint density at radius 3 is 2.72 bits per heavy atom. The number of nitrogens with zero attached hydrogens (tertiary/aromatic N) is 1. The zero-order chi connectivity index (χ0) is 13.5. The molecular formula is C13H12BrNO3. The molecule has 0 heterocycles. The predicted octanol–water partition coefficient (Wildman–Crippen LogP) is 2.70. The van der Waals surface area contributed by atoms with Crippen molar-refractivity contribution in [3.8, 4) is 6.07 Å². The summed E-state index contributed by atoms with van der Waals surface area (Å²) < 4.78 is 4.83. The van der Waals surface area contributed by atoms with Crippen LogP contribution in [-0.2, 0) is 4.74 Å². The van der Waals surface area contributed by atoms with Crippen LogP contribution in [0.4, 0.5) is 0 Å². The number of Topliss-reactive ketones (excluding diaryl/α,β-unsaturated/α-hetero) is 1.